The zero-order valence-corrected chi connectivity index (χ0v) is 14.1. The monoisotopic (exact) mass is 339 g/mol. The molecule has 134 valence electrons. The molecule has 4 N–H and O–H groups in total. The molecule has 9 nitrogen and oxygen atoms in total. The van der Waals surface area contributed by atoms with Gasteiger partial charge in [-0.05, 0) is 26.0 Å². The molecule has 0 bridgehead atoms. The number of ketones is 1. The van der Waals surface area contributed by atoms with Crippen molar-refractivity contribution in [3.05, 3.63) is 22.7 Å². The molecule has 0 unspecified atom stereocenters. The van der Waals surface area contributed by atoms with Crippen LogP contribution in [-0.4, -0.2) is 63.5 Å². The number of aromatic nitrogens is 2. The van der Waals surface area contributed by atoms with E-state index in [4.69, 9.17) is 5.73 Å². The summed E-state index contributed by atoms with van der Waals surface area (Å²) >= 11 is 0. The number of nitrogens with two attached hydrogens (primary N) is 1. The van der Waals surface area contributed by atoms with Gasteiger partial charge in [-0.3, -0.25) is 14.2 Å². The first kappa shape index (κ1) is 19.8. The largest absolute Gasteiger partial charge is 0.395 e. The van der Waals surface area contributed by atoms with Crippen molar-refractivity contribution in [1.82, 2.24) is 19.8 Å². The van der Waals surface area contributed by atoms with Gasteiger partial charge in [-0.15, -0.1) is 0 Å². The molecule has 1 amide bonds. The van der Waals surface area contributed by atoms with Gasteiger partial charge >= 0.3 is 5.69 Å². The Balaban J connectivity index is 2.83. The van der Waals surface area contributed by atoms with Gasteiger partial charge in [-0.1, -0.05) is 6.92 Å². The van der Waals surface area contributed by atoms with Crippen molar-refractivity contribution in [3.63, 3.8) is 0 Å². The summed E-state index contributed by atoms with van der Waals surface area (Å²) < 4.78 is 1.12. The summed E-state index contributed by atoms with van der Waals surface area (Å²) in [6.07, 6.45) is 2.26. The number of amides is 1. The number of hydrogen-bond donors (Lipinski definition) is 3. The number of anilines is 1. The van der Waals surface area contributed by atoms with Crippen molar-refractivity contribution in [3.8, 4) is 0 Å². The van der Waals surface area contributed by atoms with Gasteiger partial charge in [0, 0.05) is 18.8 Å². The molecule has 1 aromatic heterocycles. The third-order valence-electron chi connectivity index (χ3n) is 3.31. The average Bonchev–Trinajstić information content (AvgIpc) is 2.52. The first-order chi connectivity index (χ1) is 11.4. The van der Waals surface area contributed by atoms with Gasteiger partial charge in [0.15, 0.2) is 0 Å². The first-order valence-corrected chi connectivity index (χ1v) is 7.81. The molecule has 1 aromatic rings. The molecular formula is C15H25N5O4. The van der Waals surface area contributed by atoms with Crippen LogP contribution in [0.3, 0.4) is 0 Å². The van der Waals surface area contributed by atoms with Crippen molar-refractivity contribution < 1.29 is 14.7 Å². The first-order valence-electron chi connectivity index (χ1n) is 7.81. The minimum absolute atomic E-state index is 0.0772. The second-order valence-corrected chi connectivity index (χ2v) is 5.57. The number of nitrogen functional groups attached to an aromatic ring is 1. The number of aliphatic hydroxyl groups is 1. The van der Waals surface area contributed by atoms with Crippen molar-refractivity contribution >= 4 is 17.5 Å². The van der Waals surface area contributed by atoms with E-state index in [2.05, 4.69) is 10.3 Å². The van der Waals surface area contributed by atoms with Gasteiger partial charge in [-0.2, -0.15) is 4.98 Å². The molecule has 0 spiro atoms. The predicted molar refractivity (Wildman–Crippen MR) is 89.3 cm³/mol. The fraction of sp³-hybridized carbons (Fsp3) is 0.600. The summed E-state index contributed by atoms with van der Waals surface area (Å²) in [6, 6.07) is 1.08. The lowest BCUT2D eigenvalue weighted by Crippen LogP contribution is -2.48. The lowest BCUT2D eigenvalue weighted by Gasteiger charge is -2.27. The zero-order chi connectivity index (χ0) is 18.1. The van der Waals surface area contributed by atoms with Crippen molar-refractivity contribution in [1.29, 1.82) is 0 Å². The van der Waals surface area contributed by atoms with E-state index in [1.807, 2.05) is 6.92 Å². The van der Waals surface area contributed by atoms with Crippen LogP contribution >= 0.6 is 0 Å². The molecule has 1 rings (SSSR count). The van der Waals surface area contributed by atoms with Crippen LogP contribution < -0.4 is 16.7 Å². The quantitative estimate of drug-likeness (QED) is 0.478. The third kappa shape index (κ3) is 6.47. The molecule has 0 saturated heterocycles. The lowest BCUT2D eigenvalue weighted by molar-refractivity contribution is -0.136. The van der Waals surface area contributed by atoms with E-state index >= 15 is 0 Å². The van der Waals surface area contributed by atoms with Crippen LogP contribution in [0.1, 0.15) is 20.3 Å². The second kappa shape index (κ2) is 9.78. The molecule has 0 fully saturated rings. The van der Waals surface area contributed by atoms with Crippen molar-refractivity contribution in [2.24, 2.45) is 0 Å². The summed E-state index contributed by atoms with van der Waals surface area (Å²) in [5, 5.41) is 12.5. The highest BCUT2D eigenvalue weighted by atomic mass is 16.3. The highest BCUT2D eigenvalue weighted by Gasteiger charge is 2.20. The molecule has 9 heteroatoms. The maximum absolute atomic E-state index is 12.5. The number of rotatable bonds is 10. The van der Waals surface area contributed by atoms with E-state index < -0.39 is 11.6 Å². The molecule has 0 aliphatic rings. The minimum Gasteiger partial charge on any atom is -0.395 e. The third-order valence-corrected chi connectivity index (χ3v) is 3.31. The second-order valence-electron chi connectivity index (χ2n) is 5.57. The number of nitrogens with zero attached hydrogens (tertiary/aromatic N) is 3. The number of hydrogen-bond acceptors (Lipinski definition) is 7. The Morgan fingerprint density at radius 1 is 1.50 bits per heavy atom. The van der Waals surface area contributed by atoms with Crippen LogP contribution in [-0.2, 0) is 16.1 Å². The van der Waals surface area contributed by atoms with E-state index in [1.165, 1.54) is 24.1 Å². The average molecular weight is 339 g/mol. The number of carbonyl (C=O) groups excluding carboxylic acids is 2. The standard InChI is InChI=1S/C15H25N5O4/c1-3-5-17-12(10-21)8-20(7-11(2)22)14(23)9-19-6-4-13(16)18-15(19)24/h4,6,12,17,21H,3,5,7-10H2,1-2H3,(H2,16,18,24)/t12-/m1/s1. The Hall–Kier alpha value is -2.26. The zero-order valence-electron chi connectivity index (χ0n) is 14.1. The maximum atomic E-state index is 12.5. The Labute approximate surface area is 140 Å². The Morgan fingerprint density at radius 3 is 2.75 bits per heavy atom. The van der Waals surface area contributed by atoms with E-state index in [0.29, 0.717) is 6.54 Å². The molecular weight excluding hydrogens is 314 g/mol. The number of carbonyl (C=O) groups is 2. The lowest BCUT2D eigenvalue weighted by atomic mass is 10.2. The van der Waals surface area contributed by atoms with Gasteiger partial charge in [0.2, 0.25) is 5.91 Å². The Kier molecular flexibility index (Phi) is 8.07. The van der Waals surface area contributed by atoms with E-state index in [1.54, 1.807) is 0 Å². The van der Waals surface area contributed by atoms with Gasteiger partial charge < -0.3 is 21.1 Å². The molecule has 0 aliphatic heterocycles. The molecule has 0 aromatic carbocycles. The van der Waals surface area contributed by atoms with E-state index in [9.17, 15) is 19.5 Å². The molecule has 0 radical (unpaired) electrons. The van der Waals surface area contributed by atoms with Crippen molar-refractivity contribution in [2.75, 3.05) is 32.0 Å². The fourth-order valence-electron chi connectivity index (χ4n) is 2.13. The topological polar surface area (TPSA) is 131 Å². The summed E-state index contributed by atoms with van der Waals surface area (Å²) in [7, 11) is 0. The van der Waals surface area contributed by atoms with Crippen LogP contribution in [0.15, 0.2) is 17.1 Å². The summed E-state index contributed by atoms with van der Waals surface area (Å²) in [6.45, 7) is 3.74. The van der Waals surface area contributed by atoms with E-state index in [-0.39, 0.29) is 43.9 Å². The Bertz CT molecular complexity index is 616. The van der Waals surface area contributed by atoms with Gasteiger partial charge in [-0.25, -0.2) is 4.79 Å². The van der Waals surface area contributed by atoms with E-state index in [0.717, 1.165) is 11.0 Å². The van der Waals surface area contributed by atoms with Crippen LogP contribution in [0.2, 0.25) is 0 Å². The SMILES string of the molecule is CCCN[C@@H](CO)CN(CC(C)=O)C(=O)Cn1ccc(N)nc1=O. The number of nitrogens with one attached hydrogen (secondary N) is 1. The maximum Gasteiger partial charge on any atom is 0.349 e. The number of aliphatic hydroxyl groups excluding tert-OH is 1. The smallest absolute Gasteiger partial charge is 0.349 e. The molecule has 1 heterocycles. The van der Waals surface area contributed by atoms with Gasteiger partial charge in [0.25, 0.3) is 0 Å². The van der Waals surface area contributed by atoms with Gasteiger partial charge in [0.05, 0.1) is 13.2 Å². The summed E-state index contributed by atoms with van der Waals surface area (Å²) in [5.41, 5.74) is 4.78. The number of Topliss-reactive ketones (excluding diaryl/α,β-unsaturated/α-hetero) is 1. The molecule has 0 aliphatic carbocycles. The molecule has 24 heavy (non-hydrogen) atoms. The van der Waals surface area contributed by atoms with Crippen LogP contribution in [0.5, 0.6) is 0 Å². The highest BCUT2D eigenvalue weighted by Crippen LogP contribution is 1.99. The highest BCUT2D eigenvalue weighted by molar-refractivity contribution is 5.84. The van der Waals surface area contributed by atoms with Crippen LogP contribution in [0.4, 0.5) is 5.82 Å². The fourth-order valence-corrected chi connectivity index (χ4v) is 2.13. The molecule has 0 saturated carbocycles. The van der Waals surface area contributed by atoms with Crippen molar-refractivity contribution in [2.45, 2.75) is 32.9 Å². The normalized spacial score (nSPS) is 12.0. The van der Waals surface area contributed by atoms with Crippen LogP contribution in [0, 0.1) is 0 Å². The molecule has 1 atom stereocenters. The Morgan fingerprint density at radius 2 is 2.21 bits per heavy atom. The van der Waals surface area contributed by atoms with Crippen LogP contribution in [0.25, 0.3) is 0 Å². The van der Waals surface area contributed by atoms with Gasteiger partial charge in [0.1, 0.15) is 18.1 Å². The summed E-state index contributed by atoms with van der Waals surface area (Å²) in [4.78, 5) is 40.5. The summed E-state index contributed by atoms with van der Waals surface area (Å²) in [5.74, 6) is -0.512. The predicted octanol–water partition coefficient (Wildman–Crippen LogP) is -1.40. The minimum atomic E-state index is -0.631.